The van der Waals surface area contributed by atoms with Gasteiger partial charge in [-0.15, -0.1) is 0 Å². The van der Waals surface area contributed by atoms with Crippen LogP contribution in [0, 0.1) is 0 Å². The van der Waals surface area contributed by atoms with Crippen LogP contribution >= 0.6 is 7.82 Å². The smallest absolute Gasteiger partial charge is 0.457 e. The molecule has 10 heteroatoms. The predicted molar refractivity (Wildman–Crippen MR) is 237 cm³/mol. The summed E-state index contributed by atoms with van der Waals surface area (Å²) in [7, 11) is -4.54. The maximum Gasteiger partial charge on any atom is 0.472 e. The Kier molecular flexibility index (Phi) is 42.3. The standard InChI is InChI=1S/C47H85O9P/c1-3-5-7-9-11-13-15-17-19-21-22-23-24-25-27-29-31-33-35-37-39-47(50)56-46(44-55-57(51,52)54-42-45(49)41-48)43-53-40-38-36-34-32-30-28-26-20-18-16-14-12-10-8-6-4-2/h6,8,12,14,18,20,28,30,34,36,45-46,48-49H,3-5,7,9-11,13,15-17,19,21-27,29,31-33,35,37-44H2,1-2H3,(H,51,52)/b8-6-,14-12-,20-18-,30-28-,36-34-. The maximum absolute atomic E-state index is 12.6. The summed E-state index contributed by atoms with van der Waals surface area (Å²) < 4.78 is 33.3. The monoisotopic (exact) mass is 825 g/mol. The second-order valence-corrected chi connectivity index (χ2v) is 16.5. The molecule has 332 valence electrons. The molecule has 0 bridgehead atoms. The fraction of sp³-hybridized carbons (Fsp3) is 0.766. The molecule has 3 atom stereocenters. The molecule has 0 aliphatic carbocycles. The summed E-state index contributed by atoms with van der Waals surface area (Å²) >= 11 is 0. The quantitative estimate of drug-likeness (QED) is 0.0238. The molecule has 3 unspecified atom stereocenters. The van der Waals surface area contributed by atoms with Crippen molar-refractivity contribution in [3.63, 3.8) is 0 Å². The van der Waals surface area contributed by atoms with Gasteiger partial charge in [0.25, 0.3) is 0 Å². The molecular formula is C47H85O9P. The number of allylic oxidation sites excluding steroid dienone is 9. The number of ether oxygens (including phenoxy) is 2. The van der Waals surface area contributed by atoms with E-state index in [-0.39, 0.29) is 13.0 Å². The highest BCUT2D eigenvalue weighted by molar-refractivity contribution is 7.47. The summed E-state index contributed by atoms with van der Waals surface area (Å²) in [5, 5.41) is 18.4. The summed E-state index contributed by atoms with van der Waals surface area (Å²) in [6, 6.07) is 0. The average molecular weight is 825 g/mol. The number of unbranched alkanes of at least 4 members (excludes halogenated alkanes) is 19. The van der Waals surface area contributed by atoms with E-state index < -0.39 is 45.8 Å². The first-order valence-electron chi connectivity index (χ1n) is 22.8. The summed E-state index contributed by atoms with van der Waals surface area (Å²) in [6.07, 6.45) is 50.7. The van der Waals surface area contributed by atoms with Crippen molar-refractivity contribution >= 4 is 13.8 Å². The molecule has 0 saturated carbocycles. The van der Waals surface area contributed by atoms with E-state index in [0.29, 0.717) is 13.0 Å². The molecule has 0 aliphatic rings. The molecular weight excluding hydrogens is 739 g/mol. The molecule has 0 aromatic carbocycles. The molecule has 0 aromatic rings. The van der Waals surface area contributed by atoms with Gasteiger partial charge in [0.1, 0.15) is 12.2 Å². The minimum Gasteiger partial charge on any atom is -0.457 e. The van der Waals surface area contributed by atoms with Gasteiger partial charge in [-0.25, -0.2) is 4.57 Å². The Morgan fingerprint density at radius 1 is 0.561 bits per heavy atom. The van der Waals surface area contributed by atoms with Crippen molar-refractivity contribution in [3.8, 4) is 0 Å². The number of aliphatic hydroxyl groups excluding tert-OH is 2. The molecule has 0 aliphatic heterocycles. The number of phosphoric ester groups is 1. The van der Waals surface area contributed by atoms with E-state index in [9.17, 15) is 19.4 Å². The minimum atomic E-state index is -4.54. The zero-order chi connectivity index (χ0) is 41.8. The van der Waals surface area contributed by atoms with Crippen LogP contribution in [0.2, 0.25) is 0 Å². The molecule has 0 saturated heterocycles. The number of carbonyl (C=O) groups excluding carboxylic acids is 1. The van der Waals surface area contributed by atoms with Gasteiger partial charge in [-0.05, 0) is 44.9 Å². The van der Waals surface area contributed by atoms with Crippen LogP contribution in [-0.2, 0) is 27.9 Å². The third kappa shape index (κ3) is 43.6. The zero-order valence-corrected chi connectivity index (χ0v) is 37.2. The number of hydrogen-bond acceptors (Lipinski definition) is 8. The molecule has 0 aromatic heterocycles. The van der Waals surface area contributed by atoms with Crippen molar-refractivity contribution in [1.82, 2.24) is 0 Å². The van der Waals surface area contributed by atoms with Gasteiger partial charge < -0.3 is 24.6 Å². The molecule has 0 radical (unpaired) electrons. The number of carbonyl (C=O) groups is 1. The molecule has 57 heavy (non-hydrogen) atoms. The normalized spacial score (nSPS) is 14.5. The molecule has 0 heterocycles. The van der Waals surface area contributed by atoms with E-state index in [1.807, 2.05) is 6.08 Å². The van der Waals surface area contributed by atoms with E-state index in [2.05, 4.69) is 68.5 Å². The molecule has 9 nitrogen and oxygen atoms in total. The fourth-order valence-corrected chi connectivity index (χ4v) is 6.86. The summed E-state index contributed by atoms with van der Waals surface area (Å²) in [4.78, 5) is 22.6. The van der Waals surface area contributed by atoms with Crippen LogP contribution in [0.5, 0.6) is 0 Å². The second kappa shape index (κ2) is 43.7. The lowest BCUT2D eigenvalue weighted by atomic mass is 10.0. The van der Waals surface area contributed by atoms with Crippen LogP contribution in [0.25, 0.3) is 0 Å². The van der Waals surface area contributed by atoms with E-state index in [1.165, 1.54) is 109 Å². The molecule has 0 fully saturated rings. The van der Waals surface area contributed by atoms with E-state index in [0.717, 1.165) is 51.4 Å². The molecule has 3 N–H and O–H groups in total. The van der Waals surface area contributed by atoms with Crippen LogP contribution < -0.4 is 0 Å². The Morgan fingerprint density at radius 2 is 0.965 bits per heavy atom. The van der Waals surface area contributed by atoms with Crippen molar-refractivity contribution < 1.29 is 43.0 Å². The Labute approximate surface area is 349 Å². The van der Waals surface area contributed by atoms with Gasteiger partial charge in [0.15, 0.2) is 0 Å². The van der Waals surface area contributed by atoms with E-state index in [1.54, 1.807) is 0 Å². The van der Waals surface area contributed by atoms with Gasteiger partial charge in [-0.2, -0.15) is 0 Å². The third-order valence-electron chi connectivity index (χ3n) is 9.49. The Hall–Kier alpha value is -1.84. The maximum atomic E-state index is 12.6. The zero-order valence-electron chi connectivity index (χ0n) is 36.3. The lowest BCUT2D eigenvalue weighted by Crippen LogP contribution is -2.29. The van der Waals surface area contributed by atoms with Crippen LogP contribution in [0.1, 0.15) is 187 Å². The summed E-state index contributed by atoms with van der Waals surface area (Å²) in [5.41, 5.74) is 0. The second-order valence-electron chi connectivity index (χ2n) is 15.0. The highest BCUT2D eigenvalue weighted by Gasteiger charge is 2.26. The highest BCUT2D eigenvalue weighted by atomic mass is 31.2. The largest absolute Gasteiger partial charge is 0.472 e. The number of hydrogen-bond donors (Lipinski definition) is 3. The first-order valence-corrected chi connectivity index (χ1v) is 24.3. The van der Waals surface area contributed by atoms with Crippen LogP contribution in [-0.4, -0.2) is 66.3 Å². The first-order chi connectivity index (χ1) is 27.8. The Morgan fingerprint density at radius 3 is 1.40 bits per heavy atom. The minimum absolute atomic E-state index is 0.00499. The number of aliphatic hydroxyl groups is 2. The predicted octanol–water partition coefficient (Wildman–Crippen LogP) is 12.8. The van der Waals surface area contributed by atoms with Crippen molar-refractivity contribution in [2.75, 3.05) is 33.0 Å². The van der Waals surface area contributed by atoms with Gasteiger partial charge >= 0.3 is 13.8 Å². The van der Waals surface area contributed by atoms with E-state index >= 15 is 0 Å². The number of rotatable bonds is 43. The van der Waals surface area contributed by atoms with Crippen molar-refractivity contribution in [3.05, 3.63) is 60.8 Å². The first kappa shape index (κ1) is 55.2. The molecule has 0 spiro atoms. The van der Waals surface area contributed by atoms with Gasteiger partial charge in [0.05, 0.1) is 33.0 Å². The van der Waals surface area contributed by atoms with Gasteiger partial charge in [0.2, 0.25) is 0 Å². The third-order valence-corrected chi connectivity index (χ3v) is 10.4. The van der Waals surface area contributed by atoms with E-state index in [4.69, 9.17) is 23.6 Å². The SMILES string of the molecule is CC/C=C\C/C=C\C/C=C\C/C=C\C/C=C\CCOCC(COP(=O)(O)OCC(O)CO)OC(=O)CCCCCCCCCCCCCCCCCCCCCC. The fourth-order valence-electron chi connectivity index (χ4n) is 6.07. The Balaban J connectivity index is 4.21. The van der Waals surface area contributed by atoms with Gasteiger partial charge in [-0.3, -0.25) is 13.8 Å². The number of phosphoric acid groups is 1. The lowest BCUT2D eigenvalue weighted by Gasteiger charge is -2.20. The number of esters is 1. The summed E-state index contributed by atoms with van der Waals surface area (Å²) in [6.45, 7) is 3.19. The van der Waals surface area contributed by atoms with Gasteiger partial charge in [-0.1, -0.05) is 197 Å². The highest BCUT2D eigenvalue weighted by Crippen LogP contribution is 2.43. The van der Waals surface area contributed by atoms with Gasteiger partial charge in [0, 0.05) is 6.42 Å². The van der Waals surface area contributed by atoms with Crippen molar-refractivity contribution in [2.45, 2.75) is 199 Å². The van der Waals surface area contributed by atoms with Crippen molar-refractivity contribution in [1.29, 1.82) is 0 Å². The van der Waals surface area contributed by atoms with Crippen LogP contribution in [0.3, 0.4) is 0 Å². The van der Waals surface area contributed by atoms with Crippen molar-refractivity contribution in [2.24, 2.45) is 0 Å². The molecule has 0 amide bonds. The Bertz CT molecular complexity index is 1070. The van der Waals surface area contributed by atoms with Crippen LogP contribution in [0.4, 0.5) is 0 Å². The van der Waals surface area contributed by atoms with Crippen LogP contribution in [0.15, 0.2) is 60.8 Å². The lowest BCUT2D eigenvalue weighted by molar-refractivity contribution is -0.154. The average Bonchev–Trinajstić information content (AvgIpc) is 3.20. The summed E-state index contributed by atoms with van der Waals surface area (Å²) in [5.74, 6) is -0.406. The molecule has 0 rings (SSSR count). The topological polar surface area (TPSA) is 132 Å².